The third kappa shape index (κ3) is 2.61. The van der Waals surface area contributed by atoms with Crippen LogP contribution in [0.1, 0.15) is 10.4 Å². The quantitative estimate of drug-likeness (QED) is 0.487. The molecular formula is C13H11NO6. The van der Waals surface area contributed by atoms with Crippen molar-refractivity contribution in [2.45, 2.75) is 0 Å². The lowest BCUT2D eigenvalue weighted by Gasteiger charge is -2.19. The molecule has 0 saturated carbocycles. The maximum absolute atomic E-state index is 11.6. The van der Waals surface area contributed by atoms with E-state index in [4.69, 9.17) is 4.74 Å². The number of methoxy groups -OCH3 is 2. The lowest BCUT2D eigenvalue weighted by molar-refractivity contribution is -0.136. The van der Waals surface area contributed by atoms with Crippen molar-refractivity contribution in [3.63, 3.8) is 0 Å². The molecule has 7 heteroatoms. The first kappa shape index (κ1) is 13.6. The lowest BCUT2D eigenvalue weighted by Crippen LogP contribution is -2.24. The summed E-state index contributed by atoms with van der Waals surface area (Å²) in [6.45, 7) is 0. The minimum Gasteiger partial charge on any atom is -0.466 e. The molecule has 20 heavy (non-hydrogen) atoms. The number of carbonyl (C=O) groups excluding carboxylic acids is 3. The molecule has 0 spiro atoms. The summed E-state index contributed by atoms with van der Waals surface area (Å²) in [5, 5.41) is 2.71. The molecule has 0 atom stereocenters. The first-order chi connectivity index (χ1) is 9.55. The van der Waals surface area contributed by atoms with Crippen molar-refractivity contribution >= 4 is 23.6 Å². The summed E-state index contributed by atoms with van der Waals surface area (Å²) in [5.74, 6) is -1.68. The van der Waals surface area contributed by atoms with Gasteiger partial charge in [-0.2, -0.15) is 0 Å². The summed E-state index contributed by atoms with van der Waals surface area (Å²) in [7, 11) is 2.45. The van der Waals surface area contributed by atoms with E-state index in [1.807, 2.05) is 0 Å². The van der Waals surface area contributed by atoms with Gasteiger partial charge in [0.1, 0.15) is 5.70 Å². The molecule has 0 fully saturated rings. The van der Waals surface area contributed by atoms with Gasteiger partial charge in [-0.1, -0.05) is 0 Å². The molecule has 1 aliphatic rings. The van der Waals surface area contributed by atoms with Gasteiger partial charge in [0.15, 0.2) is 5.75 Å². The van der Waals surface area contributed by atoms with Crippen LogP contribution in [-0.2, 0) is 19.1 Å². The fourth-order valence-electron chi connectivity index (χ4n) is 1.58. The van der Waals surface area contributed by atoms with E-state index < -0.39 is 17.9 Å². The van der Waals surface area contributed by atoms with Gasteiger partial charge < -0.3 is 19.5 Å². The second-order valence-electron chi connectivity index (χ2n) is 3.80. The van der Waals surface area contributed by atoms with Crippen LogP contribution in [0.4, 0.5) is 5.69 Å². The molecule has 2 rings (SSSR count). The Morgan fingerprint density at radius 1 is 1.25 bits per heavy atom. The summed E-state index contributed by atoms with van der Waals surface area (Å²) >= 11 is 0. The largest absolute Gasteiger partial charge is 0.466 e. The number of anilines is 1. The molecule has 0 amide bonds. The fraction of sp³-hybridized carbons (Fsp3) is 0.154. The molecule has 0 unspecified atom stereocenters. The van der Waals surface area contributed by atoms with Crippen molar-refractivity contribution in [3.05, 3.63) is 35.5 Å². The van der Waals surface area contributed by atoms with E-state index >= 15 is 0 Å². The molecule has 1 aliphatic heterocycles. The fourth-order valence-corrected chi connectivity index (χ4v) is 1.58. The first-order valence-corrected chi connectivity index (χ1v) is 5.56. The molecule has 0 aliphatic carbocycles. The average Bonchev–Trinajstić information content (AvgIpc) is 2.46. The number of benzene rings is 1. The highest BCUT2D eigenvalue weighted by Crippen LogP contribution is 2.31. The molecule has 0 saturated heterocycles. The summed E-state index contributed by atoms with van der Waals surface area (Å²) in [5.41, 5.74) is 0.586. The van der Waals surface area contributed by atoms with Crippen LogP contribution in [0.25, 0.3) is 0 Å². The normalized spacial score (nSPS) is 14.9. The SMILES string of the molecule is COC(=O)/C=C1\Nc2cc(C(=O)OC)ccc2OC1=O. The molecule has 1 aromatic rings. The zero-order valence-electron chi connectivity index (χ0n) is 10.8. The van der Waals surface area contributed by atoms with Crippen LogP contribution in [-0.4, -0.2) is 32.1 Å². The Morgan fingerprint density at radius 3 is 2.65 bits per heavy atom. The number of esters is 3. The van der Waals surface area contributed by atoms with Crippen LogP contribution in [0.3, 0.4) is 0 Å². The van der Waals surface area contributed by atoms with E-state index in [1.54, 1.807) is 0 Å². The van der Waals surface area contributed by atoms with E-state index in [9.17, 15) is 14.4 Å². The number of rotatable bonds is 2. The maximum Gasteiger partial charge on any atom is 0.360 e. The predicted molar refractivity (Wildman–Crippen MR) is 67.1 cm³/mol. The number of hydrogen-bond acceptors (Lipinski definition) is 7. The number of carbonyl (C=O) groups is 3. The zero-order chi connectivity index (χ0) is 14.7. The third-order valence-corrected chi connectivity index (χ3v) is 2.56. The molecule has 0 aromatic heterocycles. The molecule has 1 N–H and O–H groups in total. The number of fused-ring (bicyclic) bond motifs is 1. The highest BCUT2D eigenvalue weighted by Gasteiger charge is 2.24. The van der Waals surface area contributed by atoms with Gasteiger partial charge in [0.2, 0.25) is 0 Å². The van der Waals surface area contributed by atoms with Crippen molar-refractivity contribution in [1.29, 1.82) is 0 Å². The Morgan fingerprint density at radius 2 is 2.00 bits per heavy atom. The van der Waals surface area contributed by atoms with Crippen molar-refractivity contribution in [2.24, 2.45) is 0 Å². The van der Waals surface area contributed by atoms with Crippen LogP contribution in [0.15, 0.2) is 30.0 Å². The monoisotopic (exact) mass is 277 g/mol. The molecule has 7 nitrogen and oxygen atoms in total. The number of hydrogen-bond donors (Lipinski definition) is 1. The van der Waals surface area contributed by atoms with E-state index in [1.165, 1.54) is 32.4 Å². The number of ether oxygens (including phenoxy) is 3. The van der Waals surface area contributed by atoms with Crippen LogP contribution in [0, 0.1) is 0 Å². The smallest absolute Gasteiger partial charge is 0.360 e. The highest BCUT2D eigenvalue weighted by molar-refractivity contribution is 6.03. The van der Waals surface area contributed by atoms with E-state index in [-0.39, 0.29) is 17.0 Å². The van der Waals surface area contributed by atoms with Gasteiger partial charge in [-0.25, -0.2) is 14.4 Å². The Labute approximate surface area is 114 Å². The zero-order valence-corrected chi connectivity index (χ0v) is 10.8. The minimum absolute atomic E-state index is 0.0774. The van der Waals surface area contributed by atoms with E-state index in [0.717, 1.165) is 6.08 Å². The van der Waals surface area contributed by atoms with Crippen molar-refractivity contribution in [1.82, 2.24) is 0 Å². The Balaban J connectivity index is 2.35. The molecular weight excluding hydrogens is 266 g/mol. The second-order valence-corrected chi connectivity index (χ2v) is 3.80. The van der Waals surface area contributed by atoms with E-state index in [2.05, 4.69) is 14.8 Å². The van der Waals surface area contributed by atoms with Gasteiger partial charge in [-0.05, 0) is 18.2 Å². The van der Waals surface area contributed by atoms with Gasteiger partial charge in [0.05, 0.1) is 31.5 Å². The maximum atomic E-state index is 11.6. The molecule has 104 valence electrons. The van der Waals surface area contributed by atoms with Gasteiger partial charge in [0, 0.05) is 0 Å². The Bertz CT molecular complexity index is 619. The average molecular weight is 277 g/mol. The second kappa shape index (κ2) is 5.43. The standard InChI is InChI=1S/C13H11NO6/c1-18-11(15)6-9-13(17)20-10-4-3-7(12(16)19-2)5-8(10)14-9/h3-6,14H,1-2H3/b9-6-. The molecule has 0 radical (unpaired) electrons. The molecule has 0 bridgehead atoms. The third-order valence-electron chi connectivity index (χ3n) is 2.56. The lowest BCUT2D eigenvalue weighted by atomic mass is 10.1. The van der Waals surface area contributed by atoms with E-state index in [0.29, 0.717) is 5.69 Å². The molecule has 1 aromatic carbocycles. The predicted octanol–water partition coefficient (Wildman–Crippen LogP) is 0.861. The highest BCUT2D eigenvalue weighted by atomic mass is 16.5. The summed E-state index contributed by atoms with van der Waals surface area (Å²) < 4.78 is 14.1. The van der Waals surface area contributed by atoms with Crippen molar-refractivity contribution < 1.29 is 28.6 Å². The summed E-state index contributed by atoms with van der Waals surface area (Å²) in [4.78, 5) is 34.2. The van der Waals surface area contributed by atoms with Gasteiger partial charge in [-0.3, -0.25) is 0 Å². The minimum atomic E-state index is -0.714. The number of nitrogens with one attached hydrogen (secondary N) is 1. The summed E-state index contributed by atoms with van der Waals surface area (Å²) in [6, 6.07) is 4.38. The molecule has 1 heterocycles. The summed E-state index contributed by atoms with van der Waals surface area (Å²) in [6.07, 6.45) is 0.968. The van der Waals surface area contributed by atoms with Crippen molar-refractivity contribution in [3.8, 4) is 5.75 Å². The topological polar surface area (TPSA) is 90.9 Å². The van der Waals surface area contributed by atoms with Crippen molar-refractivity contribution in [2.75, 3.05) is 19.5 Å². The van der Waals surface area contributed by atoms with Crippen LogP contribution in [0.2, 0.25) is 0 Å². The van der Waals surface area contributed by atoms with Gasteiger partial charge >= 0.3 is 17.9 Å². The Kier molecular flexibility index (Phi) is 3.69. The van der Waals surface area contributed by atoms with Crippen LogP contribution >= 0.6 is 0 Å². The van der Waals surface area contributed by atoms with Crippen LogP contribution in [0.5, 0.6) is 5.75 Å². The van der Waals surface area contributed by atoms with Gasteiger partial charge in [0.25, 0.3) is 0 Å². The van der Waals surface area contributed by atoms with Gasteiger partial charge in [-0.15, -0.1) is 0 Å². The Hall–Kier alpha value is -2.83. The first-order valence-electron chi connectivity index (χ1n) is 5.56. The van der Waals surface area contributed by atoms with Crippen LogP contribution < -0.4 is 10.1 Å².